The first-order chi connectivity index (χ1) is 19.4. The molecule has 0 amide bonds. The van der Waals surface area contributed by atoms with E-state index in [4.69, 9.17) is 18.9 Å². The van der Waals surface area contributed by atoms with Crippen molar-refractivity contribution in [3.63, 3.8) is 0 Å². The molecule has 0 saturated heterocycles. The van der Waals surface area contributed by atoms with E-state index in [1.54, 1.807) is 48.5 Å². The van der Waals surface area contributed by atoms with Crippen molar-refractivity contribution < 1.29 is 33.3 Å². The lowest BCUT2D eigenvalue weighted by molar-refractivity contribution is -0.141. The molecule has 0 aromatic heterocycles. The summed E-state index contributed by atoms with van der Waals surface area (Å²) >= 11 is 0. The Morgan fingerprint density at radius 1 is 0.675 bits per heavy atom. The van der Waals surface area contributed by atoms with Crippen molar-refractivity contribution in [2.45, 2.75) is 65.4 Å². The molecule has 3 rings (SSSR count). The number of ether oxygens (including phenoxy) is 4. The molecule has 7 nitrogen and oxygen atoms in total. The normalized spacial score (nSPS) is 11.4. The van der Waals surface area contributed by atoms with Gasteiger partial charge in [0.25, 0.3) is 0 Å². The Morgan fingerprint density at radius 2 is 1.25 bits per heavy atom. The molecule has 7 heteroatoms. The van der Waals surface area contributed by atoms with Gasteiger partial charge in [0.05, 0.1) is 30.4 Å². The lowest BCUT2D eigenvalue weighted by atomic mass is 10.0. The van der Waals surface area contributed by atoms with Crippen molar-refractivity contribution in [2.75, 3.05) is 13.2 Å². The van der Waals surface area contributed by atoms with Gasteiger partial charge in [-0.3, -0.25) is 4.79 Å². The standard InChI is InChI=1S/C33H38O7/c1-4-5-6-7-9-24(2)39-32(35)28-12-10-26(11-13-28)27-14-20-31(21-15-27)40-33(36)29-16-18-30(19-17-29)38-23-8-22-37-25(3)34/h10-21,24H,4-9,22-23H2,1-3H3. The highest BCUT2D eigenvalue weighted by molar-refractivity contribution is 5.91. The van der Waals surface area contributed by atoms with Crippen molar-refractivity contribution in [2.24, 2.45) is 0 Å². The van der Waals surface area contributed by atoms with Crippen LogP contribution in [0.25, 0.3) is 11.1 Å². The van der Waals surface area contributed by atoms with E-state index in [2.05, 4.69) is 6.92 Å². The molecule has 3 aromatic rings. The van der Waals surface area contributed by atoms with E-state index in [1.807, 2.05) is 31.2 Å². The number of benzene rings is 3. The molecule has 212 valence electrons. The first-order valence-corrected chi connectivity index (χ1v) is 13.9. The molecule has 0 radical (unpaired) electrons. The number of carbonyl (C=O) groups is 3. The second kappa shape index (κ2) is 16.1. The second-order valence-corrected chi connectivity index (χ2v) is 9.62. The topological polar surface area (TPSA) is 88.1 Å². The molecule has 1 atom stereocenters. The van der Waals surface area contributed by atoms with Crippen LogP contribution in [-0.2, 0) is 14.3 Å². The average molecular weight is 547 g/mol. The Bertz CT molecular complexity index is 1220. The fourth-order valence-electron chi connectivity index (χ4n) is 4.00. The third-order valence-corrected chi connectivity index (χ3v) is 6.24. The largest absolute Gasteiger partial charge is 0.493 e. The molecule has 0 aliphatic rings. The third kappa shape index (κ3) is 10.2. The summed E-state index contributed by atoms with van der Waals surface area (Å²) in [6, 6.07) is 21.1. The fraction of sp³-hybridized carbons (Fsp3) is 0.364. The molecule has 40 heavy (non-hydrogen) atoms. The smallest absolute Gasteiger partial charge is 0.343 e. The summed E-state index contributed by atoms with van der Waals surface area (Å²) in [6.45, 7) is 6.18. The van der Waals surface area contributed by atoms with Crippen LogP contribution in [0.5, 0.6) is 11.5 Å². The first kappa shape index (κ1) is 30.4. The number of carbonyl (C=O) groups excluding carboxylic acids is 3. The highest BCUT2D eigenvalue weighted by Crippen LogP contribution is 2.24. The summed E-state index contributed by atoms with van der Waals surface area (Å²) in [4.78, 5) is 35.8. The van der Waals surface area contributed by atoms with E-state index >= 15 is 0 Å². The molecule has 0 bridgehead atoms. The zero-order valence-corrected chi connectivity index (χ0v) is 23.5. The maximum absolute atomic E-state index is 12.6. The van der Waals surface area contributed by atoms with Crippen molar-refractivity contribution in [1.82, 2.24) is 0 Å². The van der Waals surface area contributed by atoms with Crippen LogP contribution in [0.3, 0.4) is 0 Å². The predicted molar refractivity (Wildman–Crippen MR) is 154 cm³/mol. The lowest BCUT2D eigenvalue weighted by Gasteiger charge is -2.13. The molecule has 0 spiro atoms. The third-order valence-electron chi connectivity index (χ3n) is 6.24. The number of esters is 3. The zero-order valence-electron chi connectivity index (χ0n) is 23.5. The van der Waals surface area contributed by atoms with E-state index in [9.17, 15) is 14.4 Å². The number of hydrogen-bond donors (Lipinski definition) is 0. The van der Waals surface area contributed by atoms with Gasteiger partial charge in [-0.15, -0.1) is 0 Å². The van der Waals surface area contributed by atoms with Crippen LogP contribution in [0.2, 0.25) is 0 Å². The Labute approximate surface area is 236 Å². The van der Waals surface area contributed by atoms with Gasteiger partial charge < -0.3 is 18.9 Å². The summed E-state index contributed by atoms with van der Waals surface area (Å²) in [5.74, 6) is -0.0664. The minimum absolute atomic E-state index is 0.101. The Hall–Kier alpha value is -4.13. The Morgan fingerprint density at radius 3 is 1.88 bits per heavy atom. The van der Waals surface area contributed by atoms with Crippen LogP contribution < -0.4 is 9.47 Å². The van der Waals surface area contributed by atoms with Crippen molar-refractivity contribution >= 4 is 17.9 Å². The number of hydrogen-bond acceptors (Lipinski definition) is 7. The summed E-state index contributed by atoms with van der Waals surface area (Å²) in [5.41, 5.74) is 2.78. The van der Waals surface area contributed by atoms with Crippen molar-refractivity contribution in [1.29, 1.82) is 0 Å². The summed E-state index contributed by atoms with van der Waals surface area (Å²) in [6.07, 6.45) is 5.97. The lowest BCUT2D eigenvalue weighted by Crippen LogP contribution is -2.15. The van der Waals surface area contributed by atoms with E-state index in [0.29, 0.717) is 42.3 Å². The van der Waals surface area contributed by atoms with Crippen LogP contribution in [0, 0.1) is 0 Å². The Balaban J connectivity index is 1.47. The van der Waals surface area contributed by atoms with Crippen LogP contribution in [0.15, 0.2) is 72.8 Å². The molecule has 3 aromatic carbocycles. The van der Waals surface area contributed by atoms with E-state index in [-0.39, 0.29) is 18.0 Å². The minimum atomic E-state index is -0.475. The van der Waals surface area contributed by atoms with Gasteiger partial charge in [-0.2, -0.15) is 0 Å². The molecule has 1 unspecified atom stereocenters. The van der Waals surface area contributed by atoms with E-state index in [0.717, 1.165) is 30.4 Å². The number of rotatable bonds is 15. The predicted octanol–water partition coefficient (Wildman–Crippen LogP) is 7.42. The summed E-state index contributed by atoms with van der Waals surface area (Å²) < 4.78 is 21.5. The molecule has 0 N–H and O–H groups in total. The maximum Gasteiger partial charge on any atom is 0.343 e. The van der Waals surface area contributed by atoms with Gasteiger partial charge in [0, 0.05) is 13.3 Å². The van der Waals surface area contributed by atoms with Crippen LogP contribution >= 0.6 is 0 Å². The van der Waals surface area contributed by atoms with Crippen LogP contribution in [-0.4, -0.2) is 37.2 Å². The molecule has 0 aliphatic carbocycles. The van der Waals surface area contributed by atoms with Gasteiger partial charge in [-0.05, 0) is 79.4 Å². The summed E-state index contributed by atoms with van der Waals surface area (Å²) in [7, 11) is 0. The van der Waals surface area contributed by atoms with Gasteiger partial charge in [0.2, 0.25) is 0 Å². The molecule has 0 saturated carbocycles. The average Bonchev–Trinajstić information content (AvgIpc) is 2.96. The first-order valence-electron chi connectivity index (χ1n) is 13.9. The van der Waals surface area contributed by atoms with E-state index < -0.39 is 5.97 Å². The van der Waals surface area contributed by atoms with Crippen molar-refractivity contribution in [3.05, 3.63) is 83.9 Å². The molecular weight excluding hydrogens is 508 g/mol. The SMILES string of the molecule is CCCCCCC(C)OC(=O)c1ccc(-c2ccc(OC(=O)c3ccc(OCCCOC(C)=O)cc3)cc2)cc1. The Kier molecular flexibility index (Phi) is 12.2. The molecule has 0 fully saturated rings. The maximum atomic E-state index is 12.6. The molecule has 0 heterocycles. The minimum Gasteiger partial charge on any atom is -0.493 e. The van der Waals surface area contributed by atoms with Crippen LogP contribution in [0.4, 0.5) is 0 Å². The van der Waals surface area contributed by atoms with Crippen LogP contribution in [0.1, 0.15) is 80.0 Å². The van der Waals surface area contributed by atoms with Gasteiger partial charge in [-0.25, -0.2) is 9.59 Å². The van der Waals surface area contributed by atoms with Gasteiger partial charge >= 0.3 is 17.9 Å². The van der Waals surface area contributed by atoms with E-state index in [1.165, 1.54) is 19.8 Å². The highest BCUT2D eigenvalue weighted by atomic mass is 16.5. The quantitative estimate of drug-likeness (QED) is 0.111. The zero-order chi connectivity index (χ0) is 28.7. The molecular formula is C33H38O7. The second-order valence-electron chi connectivity index (χ2n) is 9.62. The van der Waals surface area contributed by atoms with Crippen molar-refractivity contribution in [3.8, 4) is 22.6 Å². The summed E-state index contributed by atoms with van der Waals surface area (Å²) in [5, 5.41) is 0. The van der Waals surface area contributed by atoms with Gasteiger partial charge in [-0.1, -0.05) is 50.5 Å². The van der Waals surface area contributed by atoms with Gasteiger partial charge in [0.15, 0.2) is 0 Å². The monoisotopic (exact) mass is 546 g/mol. The van der Waals surface area contributed by atoms with Gasteiger partial charge in [0.1, 0.15) is 11.5 Å². The fourth-order valence-corrected chi connectivity index (χ4v) is 4.00. The highest BCUT2D eigenvalue weighted by Gasteiger charge is 2.13. The number of unbranched alkanes of at least 4 members (excludes halogenated alkanes) is 3. The molecule has 0 aliphatic heterocycles.